The van der Waals surface area contributed by atoms with Gasteiger partial charge in [0.1, 0.15) is 0 Å². The van der Waals surface area contributed by atoms with Crippen molar-refractivity contribution in [2.45, 2.75) is 26.7 Å². The van der Waals surface area contributed by atoms with Crippen LogP contribution in [0, 0.1) is 5.92 Å². The number of rotatable bonds is 6. The Labute approximate surface area is 143 Å². The lowest BCUT2D eigenvalue weighted by Crippen LogP contribution is -2.30. The normalized spacial score (nSPS) is 19.0. The monoisotopic (exact) mass is 352 g/mol. The quantitative estimate of drug-likeness (QED) is 0.848. The molecule has 0 bridgehead atoms. The fourth-order valence-corrected chi connectivity index (χ4v) is 4.76. The third kappa shape index (κ3) is 4.80. The van der Waals surface area contributed by atoms with Gasteiger partial charge in [0, 0.05) is 30.8 Å². The van der Waals surface area contributed by atoms with E-state index in [1.165, 1.54) is 0 Å². The lowest BCUT2D eigenvalue weighted by atomic mass is 10.0. The molecule has 0 radical (unpaired) electrons. The van der Waals surface area contributed by atoms with Gasteiger partial charge in [0.2, 0.25) is 5.91 Å². The molecular formula is C17H24N2O4S. The SMILES string of the molecule is CCN(CC)C(=O)c1ccc(NC(=O)C[C@H]2CCS(=O)(=O)C2)cc1. The van der Waals surface area contributed by atoms with Crippen molar-refractivity contribution in [1.82, 2.24) is 4.90 Å². The summed E-state index contributed by atoms with van der Waals surface area (Å²) in [5, 5.41) is 2.76. The van der Waals surface area contributed by atoms with Crippen LogP contribution in [0.25, 0.3) is 0 Å². The van der Waals surface area contributed by atoms with Gasteiger partial charge in [-0.3, -0.25) is 9.59 Å². The number of hydrogen-bond acceptors (Lipinski definition) is 4. The van der Waals surface area contributed by atoms with E-state index in [0.717, 1.165) is 0 Å². The second kappa shape index (κ2) is 7.79. The smallest absolute Gasteiger partial charge is 0.253 e. The average Bonchev–Trinajstić information content (AvgIpc) is 2.87. The number of nitrogens with one attached hydrogen (secondary N) is 1. The zero-order chi connectivity index (χ0) is 17.7. The third-order valence-corrected chi connectivity index (χ3v) is 6.10. The molecule has 7 heteroatoms. The summed E-state index contributed by atoms with van der Waals surface area (Å²) < 4.78 is 22.8. The Bertz CT molecular complexity index is 694. The first-order valence-corrected chi connectivity index (χ1v) is 10.1. The summed E-state index contributed by atoms with van der Waals surface area (Å²) in [4.78, 5) is 26.0. The number of hydrogen-bond donors (Lipinski definition) is 1. The molecule has 1 fully saturated rings. The highest BCUT2D eigenvalue weighted by molar-refractivity contribution is 7.91. The molecule has 1 aliphatic rings. The summed E-state index contributed by atoms with van der Waals surface area (Å²) in [6, 6.07) is 6.77. The minimum Gasteiger partial charge on any atom is -0.339 e. The molecule has 0 aliphatic carbocycles. The van der Waals surface area contributed by atoms with Gasteiger partial charge in [0.15, 0.2) is 9.84 Å². The Balaban J connectivity index is 1.92. The first-order valence-electron chi connectivity index (χ1n) is 8.24. The van der Waals surface area contributed by atoms with Crippen LogP contribution in [0.15, 0.2) is 24.3 Å². The highest BCUT2D eigenvalue weighted by Crippen LogP contribution is 2.22. The van der Waals surface area contributed by atoms with Gasteiger partial charge in [-0.15, -0.1) is 0 Å². The van der Waals surface area contributed by atoms with Gasteiger partial charge < -0.3 is 10.2 Å². The zero-order valence-corrected chi connectivity index (χ0v) is 14.9. The van der Waals surface area contributed by atoms with Gasteiger partial charge in [0.05, 0.1) is 11.5 Å². The number of benzene rings is 1. The van der Waals surface area contributed by atoms with Gasteiger partial charge >= 0.3 is 0 Å². The molecular weight excluding hydrogens is 328 g/mol. The molecule has 1 atom stereocenters. The van der Waals surface area contributed by atoms with E-state index >= 15 is 0 Å². The van der Waals surface area contributed by atoms with E-state index in [0.29, 0.717) is 30.8 Å². The predicted octanol–water partition coefficient (Wildman–Crippen LogP) is 1.93. The first kappa shape index (κ1) is 18.4. The molecule has 1 aromatic rings. The fourth-order valence-electron chi connectivity index (χ4n) is 2.90. The second-order valence-electron chi connectivity index (χ2n) is 6.08. The molecule has 1 heterocycles. The van der Waals surface area contributed by atoms with E-state index in [4.69, 9.17) is 0 Å². The van der Waals surface area contributed by atoms with Crippen molar-refractivity contribution >= 4 is 27.3 Å². The van der Waals surface area contributed by atoms with Crippen molar-refractivity contribution in [2.75, 3.05) is 29.9 Å². The van der Waals surface area contributed by atoms with Gasteiger partial charge in [-0.2, -0.15) is 0 Å². The Morgan fingerprint density at radius 2 is 1.79 bits per heavy atom. The summed E-state index contributed by atoms with van der Waals surface area (Å²) in [5.74, 6) is -0.0577. The van der Waals surface area contributed by atoms with Crippen LogP contribution in [0.2, 0.25) is 0 Å². The Kier molecular flexibility index (Phi) is 5.99. The maximum absolute atomic E-state index is 12.2. The second-order valence-corrected chi connectivity index (χ2v) is 8.30. The van der Waals surface area contributed by atoms with Crippen molar-refractivity contribution in [3.05, 3.63) is 29.8 Å². The lowest BCUT2D eigenvalue weighted by Gasteiger charge is -2.18. The number of amides is 2. The summed E-state index contributed by atoms with van der Waals surface area (Å²) in [6.07, 6.45) is 0.756. The molecule has 1 aliphatic heterocycles. The largest absolute Gasteiger partial charge is 0.339 e. The van der Waals surface area contributed by atoms with E-state index in [1.54, 1.807) is 29.2 Å². The molecule has 0 spiro atoms. The van der Waals surface area contributed by atoms with Gasteiger partial charge in [-0.05, 0) is 50.5 Å². The van der Waals surface area contributed by atoms with Crippen LogP contribution in [0.4, 0.5) is 5.69 Å². The van der Waals surface area contributed by atoms with Crippen molar-refractivity contribution < 1.29 is 18.0 Å². The number of sulfone groups is 1. The van der Waals surface area contributed by atoms with Crippen LogP contribution in [0.3, 0.4) is 0 Å². The standard InChI is InChI=1S/C17H24N2O4S/c1-3-19(4-2)17(21)14-5-7-15(8-6-14)18-16(20)11-13-9-10-24(22,23)12-13/h5-8,13H,3-4,9-12H2,1-2H3,(H,18,20)/t13-/m1/s1. The molecule has 2 rings (SSSR count). The van der Waals surface area contributed by atoms with Gasteiger partial charge in [0.25, 0.3) is 5.91 Å². The van der Waals surface area contributed by atoms with Crippen LogP contribution in [0.1, 0.15) is 37.0 Å². The van der Waals surface area contributed by atoms with Crippen molar-refractivity contribution in [1.29, 1.82) is 0 Å². The van der Waals surface area contributed by atoms with E-state index in [-0.39, 0.29) is 35.7 Å². The van der Waals surface area contributed by atoms with E-state index < -0.39 is 9.84 Å². The minimum absolute atomic E-state index is 0.0333. The molecule has 0 unspecified atom stereocenters. The molecule has 2 amide bonds. The number of nitrogens with zero attached hydrogens (tertiary/aromatic N) is 1. The topological polar surface area (TPSA) is 83.6 Å². The molecule has 1 aromatic carbocycles. The number of carbonyl (C=O) groups is 2. The maximum atomic E-state index is 12.2. The van der Waals surface area contributed by atoms with E-state index in [2.05, 4.69) is 5.32 Å². The molecule has 1 N–H and O–H groups in total. The summed E-state index contributed by atoms with van der Waals surface area (Å²) >= 11 is 0. The maximum Gasteiger partial charge on any atom is 0.253 e. The Morgan fingerprint density at radius 3 is 2.29 bits per heavy atom. The van der Waals surface area contributed by atoms with Crippen LogP contribution in [0.5, 0.6) is 0 Å². The molecule has 132 valence electrons. The van der Waals surface area contributed by atoms with E-state index in [1.807, 2.05) is 13.8 Å². The first-order chi connectivity index (χ1) is 11.3. The molecule has 6 nitrogen and oxygen atoms in total. The van der Waals surface area contributed by atoms with Crippen molar-refractivity contribution in [2.24, 2.45) is 5.92 Å². The van der Waals surface area contributed by atoms with Crippen LogP contribution in [-0.2, 0) is 14.6 Å². The predicted molar refractivity (Wildman–Crippen MR) is 93.7 cm³/mol. The Morgan fingerprint density at radius 1 is 1.17 bits per heavy atom. The molecule has 0 saturated carbocycles. The van der Waals surface area contributed by atoms with Crippen molar-refractivity contribution in [3.8, 4) is 0 Å². The molecule has 0 aromatic heterocycles. The summed E-state index contributed by atoms with van der Waals surface area (Å²) in [6.45, 7) is 5.16. The van der Waals surface area contributed by atoms with Crippen molar-refractivity contribution in [3.63, 3.8) is 0 Å². The van der Waals surface area contributed by atoms with Crippen LogP contribution < -0.4 is 5.32 Å². The summed E-state index contributed by atoms with van der Waals surface area (Å²) in [7, 11) is -2.96. The third-order valence-electron chi connectivity index (χ3n) is 4.27. The number of anilines is 1. The Hall–Kier alpha value is -1.89. The number of carbonyl (C=O) groups excluding carboxylic acids is 2. The van der Waals surface area contributed by atoms with Gasteiger partial charge in [-0.1, -0.05) is 0 Å². The summed E-state index contributed by atoms with van der Waals surface area (Å²) in [5.41, 5.74) is 1.19. The lowest BCUT2D eigenvalue weighted by molar-refractivity contribution is -0.116. The minimum atomic E-state index is -2.96. The van der Waals surface area contributed by atoms with E-state index in [9.17, 15) is 18.0 Å². The molecule has 24 heavy (non-hydrogen) atoms. The highest BCUT2D eigenvalue weighted by atomic mass is 32.2. The van der Waals surface area contributed by atoms with Gasteiger partial charge in [-0.25, -0.2) is 8.42 Å². The van der Waals surface area contributed by atoms with Crippen LogP contribution >= 0.6 is 0 Å². The average molecular weight is 352 g/mol. The zero-order valence-electron chi connectivity index (χ0n) is 14.1. The highest BCUT2D eigenvalue weighted by Gasteiger charge is 2.29. The van der Waals surface area contributed by atoms with Crippen LogP contribution in [-0.4, -0.2) is 49.7 Å². The fraction of sp³-hybridized carbons (Fsp3) is 0.529. The molecule has 1 saturated heterocycles.